The van der Waals surface area contributed by atoms with Gasteiger partial charge in [0.25, 0.3) is 5.91 Å². The number of hydrogen-bond acceptors (Lipinski definition) is 5. The number of nitrogens with zero attached hydrogens (tertiary/aromatic N) is 4. The minimum absolute atomic E-state index is 0.213. The van der Waals surface area contributed by atoms with Crippen molar-refractivity contribution in [3.05, 3.63) is 54.1 Å². The third-order valence-corrected chi connectivity index (χ3v) is 3.32. The number of pyridine rings is 2. The van der Waals surface area contributed by atoms with E-state index >= 15 is 0 Å². The summed E-state index contributed by atoms with van der Waals surface area (Å²) in [6, 6.07) is 9.12. The maximum atomic E-state index is 12.3. The average Bonchev–Trinajstić information content (AvgIpc) is 2.99. The van der Waals surface area contributed by atoms with Crippen LogP contribution in [0.2, 0.25) is 0 Å². The van der Waals surface area contributed by atoms with Crippen LogP contribution in [0.4, 0.5) is 0 Å². The van der Waals surface area contributed by atoms with Gasteiger partial charge in [-0.1, -0.05) is 6.07 Å². The van der Waals surface area contributed by atoms with E-state index in [2.05, 4.69) is 20.5 Å². The number of nitrogens with one attached hydrogen (secondary N) is 1. The van der Waals surface area contributed by atoms with Gasteiger partial charge in [0.1, 0.15) is 11.4 Å². The highest BCUT2D eigenvalue weighted by molar-refractivity contribution is 5.96. The fourth-order valence-corrected chi connectivity index (χ4v) is 2.26. The summed E-state index contributed by atoms with van der Waals surface area (Å²) in [5.74, 6) is 0.938. The second-order valence-corrected chi connectivity index (χ2v) is 4.84. The summed E-state index contributed by atoms with van der Waals surface area (Å²) in [6.07, 6.45) is 4.09. The summed E-state index contributed by atoms with van der Waals surface area (Å²) in [4.78, 5) is 16.3. The van der Waals surface area contributed by atoms with Gasteiger partial charge in [-0.2, -0.15) is 0 Å². The van der Waals surface area contributed by atoms with E-state index in [0.717, 1.165) is 11.5 Å². The van der Waals surface area contributed by atoms with Crippen molar-refractivity contribution in [3.8, 4) is 5.88 Å². The molecule has 3 heterocycles. The first kappa shape index (κ1) is 15.0. The molecule has 7 nitrogen and oxygen atoms in total. The average molecular weight is 311 g/mol. The number of carbonyl (C=O) groups excluding carboxylic acids is 1. The lowest BCUT2D eigenvalue weighted by atomic mass is 10.2. The lowest BCUT2D eigenvalue weighted by Crippen LogP contribution is -2.27. The number of aromatic nitrogens is 4. The molecule has 0 aromatic carbocycles. The van der Waals surface area contributed by atoms with Crippen LogP contribution in [0.1, 0.15) is 23.1 Å². The van der Waals surface area contributed by atoms with Crippen LogP contribution in [0.5, 0.6) is 5.88 Å². The number of ether oxygens (including phenoxy) is 1. The Bertz CT molecular complexity index is 815. The molecule has 3 rings (SSSR count). The molecular formula is C16H17N5O2. The van der Waals surface area contributed by atoms with E-state index in [1.54, 1.807) is 18.3 Å². The van der Waals surface area contributed by atoms with Crippen LogP contribution in [0, 0.1) is 0 Å². The normalized spacial score (nSPS) is 10.7. The Morgan fingerprint density at radius 2 is 2.17 bits per heavy atom. The van der Waals surface area contributed by atoms with Crippen LogP contribution in [-0.4, -0.2) is 38.6 Å². The highest BCUT2D eigenvalue weighted by Crippen LogP contribution is 2.13. The SMILES string of the molecule is CCOc1ncccc1C(=O)NCCc1nnc2ccccn12. The molecule has 0 fully saturated rings. The third kappa shape index (κ3) is 3.28. The largest absolute Gasteiger partial charge is 0.477 e. The van der Waals surface area contributed by atoms with Gasteiger partial charge >= 0.3 is 0 Å². The molecule has 1 amide bonds. The Kier molecular flexibility index (Phi) is 4.46. The van der Waals surface area contributed by atoms with Crippen molar-refractivity contribution < 1.29 is 9.53 Å². The fourth-order valence-electron chi connectivity index (χ4n) is 2.26. The minimum Gasteiger partial charge on any atom is -0.477 e. The Balaban J connectivity index is 1.63. The lowest BCUT2D eigenvalue weighted by molar-refractivity contribution is 0.0949. The van der Waals surface area contributed by atoms with Crippen molar-refractivity contribution in [3.63, 3.8) is 0 Å². The number of hydrogen-bond donors (Lipinski definition) is 1. The number of carbonyl (C=O) groups is 1. The second kappa shape index (κ2) is 6.87. The first-order valence-electron chi connectivity index (χ1n) is 7.44. The predicted molar refractivity (Wildman–Crippen MR) is 84.4 cm³/mol. The number of rotatable bonds is 6. The van der Waals surface area contributed by atoms with Crippen LogP contribution in [0.15, 0.2) is 42.7 Å². The topological polar surface area (TPSA) is 81.4 Å². The van der Waals surface area contributed by atoms with E-state index in [-0.39, 0.29) is 5.91 Å². The summed E-state index contributed by atoms with van der Waals surface area (Å²) in [6.45, 7) is 2.77. The molecule has 0 atom stereocenters. The molecule has 118 valence electrons. The van der Waals surface area contributed by atoms with Crippen LogP contribution in [0.3, 0.4) is 0 Å². The van der Waals surface area contributed by atoms with Gasteiger partial charge in [0.15, 0.2) is 5.65 Å². The summed E-state index contributed by atoms with van der Waals surface area (Å²) in [5.41, 5.74) is 1.22. The van der Waals surface area contributed by atoms with Crippen molar-refractivity contribution in [1.29, 1.82) is 0 Å². The molecule has 3 aromatic rings. The van der Waals surface area contributed by atoms with Gasteiger partial charge < -0.3 is 10.1 Å². The second-order valence-electron chi connectivity index (χ2n) is 4.84. The van der Waals surface area contributed by atoms with Crippen LogP contribution < -0.4 is 10.1 Å². The Morgan fingerprint density at radius 1 is 1.26 bits per heavy atom. The molecule has 0 aliphatic carbocycles. The number of fused-ring (bicyclic) bond motifs is 1. The van der Waals surface area contributed by atoms with Gasteiger partial charge in [-0.15, -0.1) is 10.2 Å². The van der Waals surface area contributed by atoms with E-state index in [1.807, 2.05) is 35.7 Å². The van der Waals surface area contributed by atoms with Gasteiger partial charge in [-0.05, 0) is 31.2 Å². The molecule has 1 N–H and O–H groups in total. The zero-order chi connectivity index (χ0) is 16.1. The summed E-state index contributed by atoms with van der Waals surface area (Å²) in [7, 11) is 0. The first-order valence-corrected chi connectivity index (χ1v) is 7.44. The highest BCUT2D eigenvalue weighted by atomic mass is 16.5. The molecule has 0 aliphatic heterocycles. The minimum atomic E-state index is -0.213. The zero-order valence-electron chi connectivity index (χ0n) is 12.8. The van der Waals surface area contributed by atoms with E-state index < -0.39 is 0 Å². The molecule has 0 saturated carbocycles. The van der Waals surface area contributed by atoms with Gasteiger partial charge in [-0.25, -0.2) is 4.98 Å². The van der Waals surface area contributed by atoms with E-state index in [9.17, 15) is 4.79 Å². The molecule has 0 aliphatic rings. The van der Waals surface area contributed by atoms with Crippen LogP contribution in [-0.2, 0) is 6.42 Å². The molecular weight excluding hydrogens is 294 g/mol. The molecule has 3 aromatic heterocycles. The molecule has 0 radical (unpaired) electrons. The Hall–Kier alpha value is -2.96. The van der Waals surface area contributed by atoms with Crippen molar-refractivity contribution in [2.75, 3.05) is 13.2 Å². The van der Waals surface area contributed by atoms with Crippen molar-refractivity contribution >= 4 is 11.6 Å². The molecule has 0 spiro atoms. The quantitative estimate of drug-likeness (QED) is 0.746. The van der Waals surface area contributed by atoms with Crippen LogP contribution >= 0.6 is 0 Å². The first-order chi connectivity index (χ1) is 11.3. The smallest absolute Gasteiger partial charge is 0.256 e. The fraction of sp³-hybridized carbons (Fsp3) is 0.250. The summed E-state index contributed by atoms with van der Waals surface area (Å²) >= 11 is 0. The van der Waals surface area contributed by atoms with E-state index in [1.165, 1.54) is 0 Å². The lowest BCUT2D eigenvalue weighted by Gasteiger charge is -2.09. The predicted octanol–water partition coefficient (Wildman–Crippen LogP) is 1.50. The van der Waals surface area contributed by atoms with Crippen molar-refractivity contribution in [2.24, 2.45) is 0 Å². The summed E-state index contributed by atoms with van der Waals surface area (Å²) in [5, 5.41) is 11.1. The van der Waals surface area contributed by atoms with Crippen molar-refractivity contribution in [1.82, 2.24) is 24.9 Å². The maximum Gasteiger partial charge on any atom is 0.256 e. The standard InChI is InChI=1S/C16H17N5O2/c1-2-23-16-12(6-5-9-18-16)15(22)17-10-8-14-20-19-13-7-3-4-11-21(13)14/h3-7,9,11H,2,8,10H2,1H3,(H,17,22). The molecule has 0 bridgehead atoms. The van der Waals surface area contributed by atoms with Gasteiger partial charge in [0, 0.05) is 25.4 Å². The number of amides is 1. The molecule has 7 heteroatoms. The van der Waals surface area contributed by atoms with Crippen molar-refractivity contribution in [2.45, 2.75) is 13.3 Å². The molecule has 0 saturated heterocycles. The molecule has 0 unspecified atom stereocenters. The Labute approximate surface area is 133 Å². The van der Waals surface area contributed by atoms with Crippen LogP contribution in [0.25, 0.3) is 5.65 Å². The highest BCUT2D eigenvalue weighted by Gasteiger charge is 2.13. The van der Waals surface area contributed by atoms with E-state index in [0.29, 0.717) is 31.0 Å². The van der Waals surface area contributed by atoms with E-state index in [4.69, 9.17) is 4.74 Å². The summed E-state index contributed by atoms with van der Waals surface area (Å²) < 4.78 is 7.27. The van der Waals surface area contributed by atoms with Gasteiger partial charge in [-0.3, -0.25) is 9.20 Å². The maximum absolute atomic E-state index is 12.3. The third-order valence-electron chi connectivity index (χ3n) is 3.32. The van der Waals surface area contributed by atoms with Gasteiger partial charge in [0.05, 0.1) is 6.61 Å². The Morgan fingerprint density at radius 3 is 3.04 bits per heavy atom. The zero-order valence-corrected chi connectivity index (χ0v) is 12.8. The molecule has 23 heavy (non-hydrogen) atoms. The monoisotopic (exact) mass is 311 g/mol. The van der Waals surface area contributed by atoms with Gasteiger partial charge in [0.2, 0.25) is 5.88 Å².